The van der Waals surface area contributed by atoms with E-state index in [2.05, 4.69) is 27.4 Å². The summed E-state index contributed by atoms with van der Waals surface area (Å²) in [4.78, 5) is 29.5. The summed E-state index contributed by atoms with van der Waals surface area (Å²) in [5, 5.41) is 12.1. The van der Waals surface area contributed by atoms with Crippen molar-refractivity contribution in [2.45, 2.75) is 45.4 Å². The van der Waals surface area contributed by atoms with E-state index in [4.69, 9.17) is 5.11 Å². The molecule has 0 unspecified atom stereocenters. The summed E-state index contributed by atoms with van der Waals surface area (Å²) in [6, 6.07) is 8.69. The van der Waals surface area contributed by atoms with Gasteiger partial charge in [0.2, 0.25) is 0 Å². The van der Waals surface area contributed by atoms with Crippen LogP contribution in [0.25, 0.3) is 0 Å². The van der Waals surface area contributed by atoms with Crippen LogP contribution in [-0.4, -0.2) is 38.6 Å². The summed E-state index contributed by atoms with van der Waals surface area (Å²) < 4.78 is 0. The van der Waals surface area contributed by atoms with E-state index in [1.165, 1.54) is 25.5 Å². The van der Waals surface area contributed by atoms with Crippen molar-refractivity contribution >= 4 is 18.1 Å². The van der Waals surface area contributed by atoms with Crippen molar-refractivity contribution < 1.29 is 20.2 Å². The van der Waals surface area contributed by atoms with E-state index in [0.717, 1.165) is 12.8 Å². The Kier molecular flexibility index (Phi) is 14.3. The molecule has 1 amide bonds. The van der Waals surface area contributed by atoms with Gasteiger partial charge < -0.3 is 10.6 Å². The number of hydrazone groups is 1. The molecular weight excluding hydrogens is 360 g/mol. The van der Waals surface area contributed by atoms with Crippen LogP contribution in [0, 0.1) is 0 Å². The Morgan fingerprint density at radius 2 is 1.79 bits per heavy atom. The molecule has 4 N–H and O–H groups in total. The molecule has 0 aromatic carbocycles. The molecule has 28 heavy (non-hydrogen) atoms. The van der Waals surface area contributed by atoms with Gasteiger partial charge in [-0.2, -0.15) is 5.10 Å². The number of carbonyl (C=O) groups is 2. The van der Waals surface area contributed by atoms with Crippen molar-refractivity contribution in [1.82, 2.24) is 15.4 Å². The molecule has 0 radical (unpaired) electrons. The van der Waals surface area contributed by atoms with Crippen molar-refractivity contribution in [3.8, 4) is 0 Å². The first kappa shape index (κ1) is 24.9. The Balaban J connectivity index is 0.000000577. The van der Waals surface area contributed by atoms with Gasteiger partial charge in [-0.25, -0.2) is 5.43 Å². The van der Waals surface area contributed by atoms with Crippen LogP contribution in [0.5, 0.6) is 0 Å². The highest BCUT2D eigenvalue weighted by atomic mass is 16.4. The zero-order valence-corrected chi connectivity index (χ0v) is 16.0. The van der Waals surface area contributed by atoms with E-state index in [1.54, 1.807) is 36.8 Å². The second-order valence-electron chi connectivity index (χ2n) is 5.75. The fourth-order valence-electron chi connectivity index (χ4n) is 2.06. The maximum atomic E-state index is 11.6. The number of nitrogens with zero attached hydrogens (tertiary/aromatic N) is 3. The van der Waals surface area contributed by atoms with Gasteiger partial charge in [-0.1, -0.05) is 38.7 Å². The van der Waals surface area contributed by atoms with Gasteiger partial charge in [0.1, 0.15) is 0 Å². The molecule has 8 nitrogen and oxygen atoms in total. The molecule has 0 saturated heterocycles. The van der Waals surface area contributed by atoms with Crippen LogP contribution in [0.4, 0.5) is 0 Å². The number of aliphatic carboxylic acids is 1. The highest BCUT2D eigenvalue weighted by molar-refractivity contribution is 5.94. The Bertz CT molecular complexity index is 694. The molecule has 0 aliphatic rings. The van der Waals surface area contributed by atoms with E-state index in [0.29, 0.717) is 17.7 Å². The second-order valence-corrected chi connectivity index (χ2v) is 5.75. The molecule has 2 heterocycles. The Hall–Kier alpha value is -3.13. The van der Waals surface area contributed by atoms with Crippen LogP contribution in [0.3, 0.4) is 0 Å². The second kappa shape index (κ2) is 16.1. The van der Waals surface area contributed by atoms with Crippen LogP contribution in [-0.2, 0) is 4.79 Å². The zero-order chi connectivity index (χ0) is 19.7. The molecule has 0 atom stereocenters. The first-order valence-corrected chi connectivity index (χ1v) is 8.99. The predicted octanol–water partition coefficient (Wildman–Crippen LogP) is 2.85. The minimum Gasteiger partial charge on any atom is -0.481 e. The third-order valence-electron chi connectivity index (χ3n) is 3.49. The summed E-state index contributed by atoms with van der Waals surface area (Å²) in [6.45, 7) is 2.15. The van der Waals surface area contributed by atoms with Crippen molar-refractivity contribution in [2.75, 3.05) is 0 Å². The average Bonchev–Trinajstić information content (AvgIpc) is 2.69. The van der Waals surface area contributed by atoms with E-state index in [1.807, 2.05) is 12.1 Å². The van der Waals surface area contributed by atoms with Gasteiger partial charge in [-0.05, 0) is 30.7 Å². The highest BCUT2D eigenvalue weighted by Crippen LogP contribution is 2.04. The lowest BCUT2D eigenvalue weighted by Gasteiger charge is -1.97. The number of hydrogen-bond donors (Lipinski definition) is 2. The maximum absolute atomic E-state index is 11.6. The minimum absolute atomic E-state index is 0. The van der Waals surface area contributed by atoms with Crippen molar-refractivity contribution in [2.24, 2.45) is 5.10 Å². The number of carbonyl (C=O) groups excluding carboxylic acids is 1. The van der Waals surface area contributed by atoms with Crippen LogP contribution >= 0.6 is 0 Å². The molecule has 0 aliphatic carbocycles. The monoisotopic (exact) mass is 388 g/mol. The first-order chi connectivity index (χ1) is 13.1. The largest absolute Gasteiger partial charge is 0.481 e. The third kappa shape index (κ3) is 12.3. The van der Waals surface area contributed by atoms with Crippen molar-refractivity contribution in [3.05, 3.63) is 60.2 Å². The summed E-state index contributed by atoms with van der Waals surface area (Å²) in [6.07, 6.45) is 12.1. The van der Waals surface area contributed by atoms with Gasteiger partial charge in [-0.15, -0.1) is 0 Å². The van der Waals surface area contributed by atoms with E-state index in [9.17, 15) is 9.59 Å². The number of pyridine rings is 2. The summed E-state index contributed by atoms with van der Waals surface area (Å²) >= 11 is 0. The summed E-state index contributed by atoms with van der Waals surface area (Å²) in [7, 11) is 0. The molecule has 8 heteroatoms. The molecule has 0 aliphatic heterocycles. The Morgan fingerprint density at radius 3 is 2.39 bits per heavy atom. The van der Waals surface area contributed by atoms with Gasteiger partial charge >= 0.3 is 5.97 Å². The van der Waals surface area contributed by atoms with Gasteiger partial charge in [0.05, 0.1) is 11.9 Å². The molecule has 0 spiro atoms. The van der Waals surface area contributed by atoms with Gasteiger partial charge in [0, 0.05) is 30.6 Å². The number of amides is 1. The lowest BCUT2D eigenvalue weighted by Crippen LogP contribution is -2.17. The molecule has 0 fully saturated rings. The topological polar surface area (TPSA) is 136 Å². The number of hydrogen-bond acceptors (Lipinski definition) is 5. The smallest absolute Gasteiger partial charge is 0.303 e. The summed E-state index contributed by atoms with van der Waals surface area (Å²) in [5.41, 5.74) is 3.61. The number of nitrogens with one attached hydrogen (secondary N) is 1. The fourth-order valence-corrected chi connectivity index (χ4v) is 2.06. The Morgan fingerprint density at radius 1 is 1.07 bits per heavy atom. The lowest BCUT2D eigenvalue weighted by atomic mass is 10.1. The number of carboxylic acids is 1. The van der Waals surface area contributed by atoms with E-state index < -0.39 is 5.97 Å². The van der Waals surface area contributed by atoms with Crippen molar-refractivity contribution in [1.29, 1.82) is 0 Å². The van der Waals surface area contributed by atoms with Gasteiger partial charge in [-0.3, -0.25) is 19.6 Å². The number of unbranched alkanes of at least 4 members (excludes halogenated alkanes) is 4. The standard InChI is InChI=1S/C12H10N4O.C8H16O2.H2O/c17-12(10-4-7-13-8-5-10)16-15-9-11-3-1-2-6-14-11;1-2-3-4-5-6-7-8(9)10;/h1-9H,(H,16,17);2-7H2,1H3,(H,9,10);1H2/b15-9+;;. The fraction of sp³-hybridized carbons (Fsp3) is 0.350. The van der Waals surface area contributed by atoms with Crippen LogP contribution in [0.15, 0.2) is 54.0 Å². The predicted molar refractivity (Wildman–Crippen MR) is 108 cm³/mol. The van der Waals surface area contributed by atoms with Crippen LogP contribution < -0.4 is 5.43 Å². The number of rotatable bonds is 9. The normalized spacial score (nSPS) is 9.75. The molecule has 2 aromatic heterocycles. The SMILES string of the molecule is CCCCCCCC(=O)O.O.O=C(N/N=C/c1ccccn1)c1ccncc1. The van der Waals surface area contributed by atoms with Crippen LogP contribution in [0.2, 0.25) is 0 Å². The van der Waals surface area contributed by atoms with Gasteiger partial charge in [0.25, 0.3) is 5.91 Å². The highest BCUT2D eigenvalue weighted by Gasteiger charge is 2.01. The number of aromatic nitrogens is 2. The number of carboxylic acid groups (broad SMARTS) is 1. The van der Waals surface area contributed by atoms with Crippen LogP contribution in [0.1, 0.15) is 61.5 Å². The molecule has 2 rings (SSSR count). The third-order valence-corrected chi connectivity index (χ3v) is 3.49. The van der Waals surface area contributed by atoms with Crippen molar-refractivity contribution in [3.63, 3.8) is 0 Å². The first-order valence-electron chi connectivity index (χ1n) is 8.99. The van der Waals surface area contributed by atoms with E-state index >= 15 is 0 Å². The quantitative estimate of drug-likeness (QED) is 0.387. The zero-order valence-electron chi connectivity index (χ0n) is 16.0. The molecule has 0 saturated carbocycles. The molecule has 0 bridgehead atoms. The average molecular weight is 388 g/mol. The van der Waals surface area contributed by atoms with E-state index in [-0.39, 0.29) is 11.4 Å². The van der Waals surface area contributed by atoms with Gasteiger partial charge in [0.15, 0.2) is 0 Å². The molecule has 2 aromatic rings. The summed E-state index contributed by atoms with van der Waals surface area (Å²) in [5.74, 6) is -0.948. The lowest BCUT2D eigenvalue weighted by molar-refractivity contribution is -0.137. The Labute approximate surface area is 165 Å². The minimum atomic E-state index is -0.670. The molecular formula is C20H28N4O4. The maximum Gasteiger partial charge on any atom is 0.303 e. The molecule has 152 valence electrons.